The number of aromatic nitrogens is 5. The number of rotatable bonds is 4. The molecule has 0 saturated carbocycles. The lowest BCUT2D eigenvalue weighted by atomic mass is 10.1. The molecule has 0 atom stereocenters. The number of nitrogens with zero attached hydrogens (tertiary/aromatic N) is 5. The Morgan fingerprint density at radius 2 is 1.96 bits per heavy atom. The highest BCUT2D eigenvalue weighted by molar-refractivity contribution is 7.16. The second-order valence-electron chi connectivity index (χ2n) is 6.36. The normalized spacial score (nSPS) is 11.2. The van der Waals surface area contributed by atoms with E-state index in [0.29, 0.717) is 11.6 Å². The van der Waals surface area contributed by atoms with Gasteiger partial charge in [0.1, 0.15) is 17.9 Å². The molecule has 0 saturated heterocycles. The molecule has 0 aliphatic carbocycles. The average molecular weight is 388 g/mol. The fraction of sp³-hybridized carbons (Fsp3) is 0.100. The van der Waals surface area contributed by atoms with Gasteiger partial charge in [-0.15, -0.1) is 11.3 Å². The van der Waals surface area contributed by atoms with E-state index in [-0.39, 0.29) is 0 Å². The molecule has 0 unspecified atom stereocenters. The molecule has 0 amide bonds. The van der Waals surface area contributed by atoms with Crippen molar-refractivity contribution in [3.05, 3.63) is 54.6 Å². The molecule has 7 nitrogen and oxygen atoms in total. The van der Waals surface area contributed by atoms with Crippen LogP contribution in [0, 0.1) is 0 Å². The van der Waals surface area contributed by atoms with E-state index in [1.54, 1.807) is 29.5 Å². The average Bonchev–Trinajstić information content (AvgIpc) is 3.35. The van der Waals surface area contributed by atoms with Crippen LogP contribution in [0.15, 0.2) is 54.6 Å². The number of methoxy groups -OCH3 is 1. The SMILES string of the molecule is COc1cc(-c2cnn(C)c2)cc2ncnc(Nc3ccc4ncsc4c3)c12. The van der Waals surface area contributed by atoms with Gasteiger partial charge >= 0.3 is 0 Å². The first-order valence-electron chi connectivity index (χ1n) is 8.63. The molecule has 0 radical (unpaired) electrons. The van der Waals surface area contributed by atoms with Gasteiger partial charge < -0.3 is 10.1 Å². The van der Waals surface area contributed by atoms with Crippen molar-refractivity contribution in [1.82, 2.24) is 24.7 Å². The van der Waals surface area contributed by atoms with E-state index in [1.165, 1.54) is 0 Å². The first kappa shape index (κ1) is 16.6. The van der Waals surface area contributed by atoms with Crippen molar-refractivity contribution in [1.29, 1.82) is 0 Å². The summed E-state index contributed by atoms with van der Waals surface area (Å²) in [6.45, 7) is 0. The van der Waals surface area contributed by atoms with Gasteiger partial charge in [-0.05, 0) is 35.9 Å². The first-order valence-corrected chi connectivity index (χ1v) is 9.51. The third-order valence-electron chi connectivity index (χ3n) is 4.55. The van der Waals surface area contributed by atoms with Crippen LogP contribution in [-0.4, -0.2) is 31.8 Å². The quantitative estimate of drug-likeness (QED) is 0.492. The van der Waals surface area contributed by atoms with E-state index in [9.17, 15) is 0 Å². The number of hydrogen-bond donors (Lipinski definition) is 1. The van der Waals surface area contributed by atoms with Crippen LogP contribution in [0.2, 0.25) is 0 Å². The number of benzene rings is 2. The van der Waals surface area contributed by atoms with E-state index in [1.807, 2.05) is 49.2 Å². The lowest BCUT2D eigenvalue weighted by molar-refractivity contribution is 0.420. The minimum Gasteiger partial charge on any atom is -0.496 e. The van der Waals surface area contributed by atoms with E-state index in [2.05, 4.69) is 31.4 Å². The smallest absolute Gasteiger partial charge is 0.145 e. The van der Waals surface area contributed by atoms with E-state index >= 15 is 0 Å². The summed E-state index contributed by atoms with van der Waals surface area (Å²) in [5, 5.41) is 8.48. The van der Waals surface area contributed by atoms with Crippen molar-refractivity contribution in [3.63, 3.8) is 0 Å². The predicted molar refractivity (Wildman–Crippen MR) is 111 cm³/mol. The Hall–Kier alpha value is -3.52. The standard InChI is InChI=1S/C20H16N6OS/c1-26-9-13(8-24-26)12-5-16-19(17(6-12)27-2)20(22-10-21-16)25-14-3-4-15-18(7-14)28-11-23-15/h3-11H,1-2H3,(H,21,22,25). The van der Waals surface area contributed by atoms with Crippen molar-refractivity contribution in [2.45, 2.75) is 0 Å². The molecule has 2 aromatic carbocycles. The minimum atomic E-state index is 0.698. The van der Waals surface area contributed by atoms with Gasteiger partial charge in [0, 0.05) is 24.5 Å². The van der Waals surface area contributed by atoms with E-state index in [0.717, 1.165) is 37.9 Å². The third kappa shape index (κ3) is 2.84. The van der Waals surface area contributed by atoms with Crippen LogP contribution >= 0.6 is 11.3 Å². The summed E-state index contributed by atoms with van der Waals surface area (Å²) in [5.74, 6) is 1.40. The van der Waals surface area contributed by atoms with Gasteiger partial charge in [0.2, 0.25) is 0 Å². The van der Waals surface area contributed by atoms with Crippen molar-refractivity contribution >= 4 is 44.0 Å². The minimum absolute atomic E-state index is 0.698. The van der Waals surface area contributed by atoms with Gasteiger partial charge in [-0.2, -0.15) is 5.10 Å². The molecule has 0 spiro atoms. The Balaban J connectivity index is 1.62. The molecule has 5 rings (SSSR count). The zero-order valence-electron chi connectivity index (χ0n) is 15.2. The highest BCUT2D eigenvalue weighted by atomic mass is 32.1. The summed E-state index contributed by atoms with van der Waals surface area (Å²) in [5.41, 5.74) is 6.57. The molecule has 28 heavy (non-hydrogen) atoms. The maximum atomic E-state index is 5.68. The number of thiazole rings is 1. The predicted octanol–water partition coefficient (Wildman–Crippen LogP) is 4.39. The summed E-state index contributed by atoms with van der Waals surface area (Å²) in [4.78, 5) is 13.2. The Kier molecular flexibility index (Phi) is 3.91. The Morgan fingerprint density at radius 1 is 1.04 bits per heavy atom. The molecule has 3 heterocycles. The van der Waals surface area contributed by atoms with Gasteiger partial charge in [0.25, 0.3) is 0 Å². The maximum absolute atomic E-state index is 5.68. The van der Waals surface area contributed by atoms with E-state index in [4.69, 9.17) is 4.74 Å². The zero-order chi connectivity index (χ0) is 19.1. The maximum Gasteiger partial charge on any atom is 0.145 e. The molecular weight excluding hydrogens is 372 g/mol. The van der Waals surface area contributed by atoms with Crippen LogP contribution < -0.4 is 10.1 Å². The molecule has 1 N–H and O–H groups in total. The van der Waals surface area contributed by atoms with Gasteiger partial charge in [-0.1, -0.05) is 0 Å². The zero-order valence-corrected chi connectivity index (χ0v) is 16.1. The number of nitrogens with one attached hydrogen (secondary N) is 1. The number of aryl methyl sites for hydroxylation is 1. The van der Waals surface area contributed by atoms with Crippen LogP contribution in [0.4, 0.5) is 11.5 Å². The summed E-state index contributed by atoms with van der Waals surface area (Å²) in [7, 11) is 3.55. The molecule has 0 aliphatic rings. The molecular formula is C20H16N6OS. The lowest BCUT2D eigenvalue weighted by Gasteiger charge is -2.13. The number of ether oxygens (including phenoxy) is 1. The summed E-state index contributed by atoms with van der Waals surface area (Å²) >= 11 is 1.61. The van der Waals surface area contributed by atoms with Crippen LogP contribution in [-0.2, 0) is 7.05 Å². The Morgan fingerprint density at radius 3 is 2.79 bits per heavy atom. The van der Waals surface area contributed by atoms with Crippen molar-refractivity contribution < 1.29 is 4.74 Å². The monoisotopic (exact) mass is 388 g/mol. The van der Waals surface area contributed by atoms with Gasteiger partial charge in [-0.3, -0.25) is 4.68 Å². The molecule has 0 aliphatic heterocycles. The number of fused-ring (bicyclic) bond motifs is 2. The largest absolute Gasteiger partial charge is 0.496 e. The summed E-state index contributed by atoms with van der Waals surface area (Å²) in [6.07, 6.45) is 5.35. The second kappa shape index (κ2) is 6.58. The highest BCUT2D eigenvalue weighted by Gasteiger charge is 2.14. The molecule has 3 aromatic heterocycles. The number of anilines is 2. The fourth-order valence-corrected chi connectivity index (χ4v) is 3.93. The van der Waals surface area contributed by atoms with Gasteiger partial charge in [0.05, 0.1) is 39.9 Å². The van der Waals surface area contributed by atoms with E-state index < -0.39 is 0 Å². The van der Waals surface area contributed by atoms with Gasteiger partial charge in [-0.25, -0.2) is 15.0 Å². The van der Waals surface area contributed by atoms with Crippen molar-refractivity contribution in [2.75, 3.05) is 12.4 Å². The Bertz CT molecular complexity index is 1310. The van der Waals surface area contributed by atoms with Crippen molar-refractivity contribution in [2.24, 2.45) is 7.05 Å². The Labute approximate surface area is 164 Å². The molecule has 0 fully saturated rings. The summed E-state index contributed by atoms with van der Waals surface area (Å²) < 4.78 is 8.57. The van der Waals surface area contributed by atoms with Crippen LogP contribution in [0.5, 0.6) is 5.75 Å². The van der Waals surface area contributed by atoms with Crippen molar-refractivity contribution in [3.8, 4) is 16.9 Å². The fourth-order valence-electron chi connectivity index (χ4n) is 3.22. The first-order chi connectivity index (χ1) is 13.7. The van der Waals surface area contributed by atoms with Crippen LogP contribution in [0.25, 0.3) is 32.2 Å². The number of hydrogen-bond acceptors (Lipinski definition) is 7. The molecule has 8 heteroatoms. The molecule has 5 aromatic rings. The molecule has 138 valence electrons. The van der Waals surface area contributed by atoms with Crippen LogP contribution in [0.1, 0.15) is 0 Å². The van der Waals surface area contributed by atoms with Gasteiger partial charge in [0.15, 0.2) is 0 Å². The summed E-state index contributed by atoms with van der Waals surface area (Å²) in [6, 6.07) is 10.1. The van der Waals surface area contributed by atoms with Crippen LogP contribution in [0.3, 0.4) is 0 Å². The third-order valence-corrected chi connectivity index (χ3v) is 5.35. The lowest BCUT2D eigenvalue weighted by Crippen LogP contribution is -1.98. The highest BCUT2D eigenvalue weighted by Crippen LogP contribution is 2.36. The topological polar surface area (TPSA) is 77.8 Å². The molecule has 0 bridgehead atoms. The second-order valence-corrected chi connectivity index (χ2v) is 7.24.